The van der Waals surface area contributed by atoms with E-state index in [9.17, 15) is 18.0 Å². The zero-order chi connectivity index (χ0) is 29.5. The van der Waals surface area contributed by atoms with E-state index in [1.54, 1.807) is 42.5 Å². The summed E-state index contributed by atoms with van der Waals surface area (Å²) in [5.41, 5.74) is 3.49. The number of methoxy groups -OCH3 is 1. The molecule has 3 aromatic rings. The number of rotatable bonds is 9. The maximum Gasteiger partial charge on any atom is 0.268 e. The van der Waals surface area contributed by atoms with E-state index in [0.29, 0.717) is 5.75 Å². The van der Waals surface area contributed by atoms with Crippen LogP contribution in [0.25, 0.3) is 0 Å². The summed E-state index contributed by atoms with van der Waals surface area (Å²) in [7, 11) is -2.61. The number of aryl methyl sites for hydroxylation is 1. The van der Waals surface area contributed by atoms with Gasteiger partial charge in [-0.05, 0) is 55.5 Å². The van der Waals surface area contributed by atoms with Gasteiger partial charge in [0, 0.05) is 0 Å². The molecule has 212 valence electrons. The quantitative estimate of drug-likeness (QED) is 0.102. The lowest BCUT2D eigenvalue weighted by Gasteiger charge is -2.28. The minimum absolute atomic E-state index is 0.0249. The fourth-order valence-corrected chi connectivity index (χ4v) is 4.67. The highest BCUT2D eigenvalue weighted by Gasteiger charge is 2.35. The molecule has 0 spiro atoms. The van der Waals surface area contributed by atoms with Crippen LogP contribution in [-0.4, -0.2) is 42.4 Å². The van der Waals surface area contributed by atoms with E-state index in [1.165, 1.54) is 37.4 Å². The van der Waals surface area contributed by atoms with Crippen molar-refractivity contribution in [3.63, 3.8) is 0 Å². The van der Waals surface area contributed by atoms with E-state index in [0.717, 1.165) is 5.56 Å². The van der Waals surface area contributed by atoms with Gasteiger partial charge in [-0.25, -0.2) is 8.42 Å². The van der Waals surface area contributed by atoms with Gasteiger partial charge in [-0.3, -0.25) is 15.0 Å². The number of anilines is 1. The summed E-state index contributed by atoms with van der Waals surface area (Å²) >= 11 is 23.6. The van der Waals surface area contributed by atoms with Crippen LogP contribution in [0.2, 0.25) is 0 Å². The smallest absolute Gasteiger partial charge is 0.268 e. The number of carbonyl (C=O) groups excluding carboxylic acids is 2. The van der Waals surface area contributed by atoms with Crippen LogP contribution in [0.4, 0.5) is 5.69 Å². The fraction of sp³-hybridized carbons (Fsp3) is 0.160. The highest BCUT2D eigenvalue weighted by atomic mass is 35.6. The van der Waals surface area contributed by atoms with Gasteiger partial charge in [0.25, 0.3) is 21.8 Å². The van der Waals surface area contributed by atoms with E-state index >= 15 is 0 Å². The maximum absolute atomic E-state index is 12.9. The molecule has 0 saturated carbocycles. The Balaban J connectivity index is 1.70. The molecular formula is C25H24Cl3N5O5S2. The standard InChI is InChI=1S/C25H24Cl3N5O5S2/c1-15-11-13-16(14-12-15)40(36,37)33-32-22(35)17-7-3-5-9-19(17)29-24(39)31-23(25(26,27)28)30-21(34)18-8-4-6-10-20(18)38-2/h3-14,23,33H,1-2H3,(H,30,34)(H,32,35)(H2,29,31,39). The molecule has 3 aromatic carbocycles. The Morgan fingerprint density at radius 1 is 0.875 bits per heavy atom. The van der Waals surface area contributed by atoms with Gasteiger partial charge < -0.3 is 20.7 Å². The van der Waals surface area contributed by atoms with Gasteiger partial charge in [0.2, 0.25) is 3.79 Å². The zero-order valence-electron chi connectivity index (χ0n) is 21.0. The van der Waals surface area contributed by atoms with Gasteiger partial charge in [-0.1, -0.05) is 76.8 Å². The van der Waals surface area contributed by atoms with E-state index in [2.05, 4.69) is 26.2 Å². The second kappa shape index (κ2) is 13.5. The summed E-state index contributed by atoms with van der Waals surface area (Å²) in [6.07, 6.45) is -1.31. The van der Waals surface area contributed by atoms with E-state index < -0.39 is 31.8 Å². The molecule has 0 aromatic heterocycles. The van der Waals surface area contributed by atoms with Crippen LogP contribution in [-0.2, 0) is 10.0 Å². The van der Waals surface area contributed by atoms with Crippen LogP contribution in [0.1, 0.15) is 26.3 Å². The Hall–Kier alpha value is -3.13. The van der Waals surface area contributed by atoms with Gasteiger partial charge in [0.05, 0.1) is 28.8 Å². The number of carbonyl (C=O) groups is 2. The predicted octanol–water partition coefficient (Wildman–Crippen LogP) is 4.04. The average Bonchev–Trinajstić information content (AvgIpc) is 2.91. The number of hydrogen-bond donors (Lipinski definition) is 5. The summed E-state index contributed by atoms with van der Waals surface area (Å²) in [4.78, 5) is 27.7. The number of amides is 2. The number of alkyl halides is 3. The molecule has 0 fully saturated rings. The molecule has 3 rings (SSSR count). The molecule has 5 N–H and O–H groups in total. The van der Waals surface area contributed by atoms with Crippen molar-refractivity contribution in [2.75, 3.05) is 12.4 Å². The van der Waals surface area contributed by atoms with E-state index in [1.807, 2.05) is 6.92 Å². The Morgan fingerprint density at radius 3 is 2.10 bits per heavy atom. The van der Waals surface area contributed by atoms with Crippen molar-refractivity contribution in [3.8, 4) is 5.75 Å². The van der Waals surface area contributed by atoms with Crippen LogP contribution in [0.3, 0.4) is 0 Å². The van der Waals surface area contributed by atoms with Crippen LogP contribution in [0.15, 0.2) is 77.7 Å². The second-order valence-electron chi connectivity index (χ2n) is 8.17. The third-order valence-electron chi connectivity index (χ3n) is 5.28. The zero-order valence-corrected chi connectivity index (χ0v) is 24.9. The maximum atomic E-state index is 12.9. The molecule has 0 saturated heterocycles. The monoisotopic (exact) mass is 643 g/mol. The molecule has 0 aliphatic heterocycles. The Labute approximate surface area is 251 Å². The number of para-hydroxylation sites is 2. The number of hydrogen-bond acceptors (Lipinski definition) is 6. The Bertz CT molecular complexity index is 1500. The summed E-state index contributed by atoms with van der Waals surface area (Å²) in [5.74, 6) is -1.07. The second-order valence-corrected chi connectivity index (χ2v) is 12.6. The summed E-state index contributed by atoms with van der Waals surface area (Å²) < 4.78 is 28.2. The first-order valence-corrected chi connectivity index (χ1v) is 14.4. The third kappa shape index (κ3) is 8.43. The predicted molar refractivity (Wildman–Crippen MR) is 159 cm³/mol. The number of benzene rings is 3. The van der Waals surface area contributed by atoms with E-state index in [4.69, 9.17) is 51.8 Å². The molecule has 0 aliphatic carbocycles. The van der Waals surface area contributed by atoms with Crippen LogP contribution in [0.5, 0.6) is 5.75 Å². The molecule has 10 nitrogen and oxygen atoms in total. The van der Waals surface area contributed by atoms with Gasteiger partial charge in [-0.15, -0.1) is 4.83 Å². The molecular weight excluding hydrogens is 621 g/mol. The SMILES string of the molecule is COc1ccccc1C(=O)NC(NC(=S)Nc1ccccc1C(=O)NNS(=O)(=O)c1ccc(C)cc1)C(Cl)(Cl)Cl. The first-order valence-electron chi connectivity index (χ1n) is 11.4. The van der Waals surface area contributed by atoms with Crippen molar-refractivity contribution in [1.29, 1.82) is 0 Å². The molecule has 15 heteroatoms. The molecule has 1 atom stereocenters. The van der Waals surface area contributed by atoms with Gasteiger partial charge in [0.1, 0.15) is 11.9 Å². The molecule has 1 unspecified atom stereocenters. The minimum atomic E-state index is -4.02. The van der Waals surface area contributed by atoms with Crippen molar-refractivity contribution in [2.24, 2.45) is 0 Å². The summed E-state index contributed by atoms with van der Waals surface area (Å²) in [6, 6.07) is 18.7. The molecule has 0 aliphatic rings. The Kier molecular flexibility index (Phi) is 10.6. The largest absolute Gasteiger partial charge is 0.496 e. The van der Waals surface area contributed by atoms with Crippen molar-refractivity contribution >= 4 is 79.7 Å². The normalized spacial score (nSPS) is 12.1. The minimum Gasteiger partial charge on any atom is -0.496 e. The van der Waals surface area contributed by atoms with Crippen LogP contribution >= 0.6 is 47.0 Å². The molecule has 0 radical (unpaired) electrons. The molecule has 2 amide bonds. The van der Waals surface area contributed by atoms with Crippen molar-refractivity contribution < 1.29 is 22.7 Å². The van der Waals surface area contributed by atoms with E-state index in [-0.39, 0.29) is 26.8 Å². The number of hydrazine groups is 1. The lowest BCUT2D eigenvalue weighted by molar-refractivity contribution is 0.0928. The van der Waals surface area contributed by atoms with Crippen molar-refractivity contribution in [2.45, 2.75) is 21.8 Å². The van der Waals surface area contributed by atoms with Gasteiger partial charge in [-0.2, -0.15) is 0 Å². The molecule has 40 heavy (non-hydrogen) atoms. The first-order chi connectivity index (χ1) is 18.8. The summed E-state index contributed by atoms with van der Waals surface area (Å²) in [5, 5.41) is 7.93. The highest BCUT2D eigenvalue weighted by Crippen LogP contribution is 2.30. The fourth-order valence-electron chi connectivity index (χ4n) is 3.28. The summed E-state index contributed by atoms with van der Waals surface area (Å²) in [6.45, 7) is 1.82. The topological polar surface area (TPSA) is 138 Å². The van der Waals surface area contributed by atoms with Crippen molar-refractivity contribution in [3.05, 3.63) is 89.5 Å². The van der Waals surface area contributed by atoms with Gasteiger partial charge >= 0.3 is 0 Å². The number of nitrogens with one attached hydrogen (secondary N) is 5. The number of sulfonamides is 1. The highest BCUT2D eigenvalue weighted by molar-refractivity contribution is 7.89. The molecule has 0 bridgehead atoms. The number of halogens is 3. The lowest BCUT2D eigenvalue weighted by Crippen LogP contribution is -2.56. The van der Waals surface area contributed by atoms with Crippen LogP contribution < -0.4 is 30.9 Å². The number of ether oxygens (including phenoxy) is 1. The lowest BCUT2D eigenvalue weighted by atomic mass is 10.1. The van der Waals surface area contributed by atoms with Crippen molar-refractivity contribution in [1.82, 2.24) is 20.9 Å². The molecule has 0 heterocycles. The third-order valence-corrected chi connectivity index (χ3v) is 7.42. The van der Waals surface area contributed by atoms with Crippen LogP contribution in [0, 0.1) is 6.92 Å². The Morgan fingerprint density at radius 2 is 1.48 bits per heavy atom. The first kappa shape index (κ1) is 31.4. The van der Waals surface area contributed by atoms with Gasteiger partial charge in [0.15, 0.2) is 5.11 Å². The average molecular weight is 645 g/mol. The number of thiocarbonyl (C=S) groups is 1.